The van der Waals surface area contributed by atoms with Gasteiger partial charge < -0.3 is 4.42 Å². The molecule has 64 valence electrons. The van der Waals surface area contributed by atoms with Gasteiger partial charge in [0.05, 0.1) is 12.5 Å². The number of aryl methyl sites for hydroxylation is 1. The lowest BCUT2D eigenvalue weighted by atomic mass is 10.1. The minimum atomic E-state index is 0.367. The van der Waals surface area contributed by atoms with Crippen LogP contribution in [0.4, 0.5) is 0 Å². The van der Waals surface area contributed by atoms with E-state index in [1.165, 1.54) is 0 Å². The first kappa shape index (κ1) is 7.81. The van der Waals surface area contributed by atoms with Crippen molar-refractivity contribution in [2.75, 3.05) is 0 Å². The van der Waals surface area contributed by atoms with Gasteiger partial charge in [-0.1, -0.05) is 12.1 Å². The number of fused-ring (bicyclic) bond motifs is 1. The van der Waals surface area contributed by atoms with Gasteiger partial charge in [-0.15, -0.1) is 0 Å². The quantitative estimate of drug-likeness (QED) is 0.662. The third-order valence-electron chi connectivity index (χ3n) is 1.87. The first-order valence-electron chi connectivity index (χ1n) is 4.03. The summed E-state index contributed by atoms with van der Waals surface area (Å²) in [4.78, 5) is 4.18. The van der Waals surface area contributed by atoms with E-state index in [1.54, 1.807) is 6.92 Å². The number of para-hydroxylation sites is 1. The van der Waals surface area contributed by atoms with Crippen LogP contribution in [0.1, 0.15) is 11.5 Å². The molecular weight excluding hydrogens is 164 g/mol. The molecular formula is C10H8N2O. The Morgan fingerprint density at radius 2 is 2.38 bits per heavy atom. The van der Waals surface area contributed by atoms with Crippen molar-refractivity contribution < 1.29 is 4.42 Å². The van der Waals surface area contributed by atoms with Gasteiger partial charge in [-0.2, -0.15) is 5.26 Å². The summed E-state index contributed by atoms with van der Waals surface area (Å²) in [5.74, 6) is 0.639. The van der Waals surface area contributed by atoms with E-state index < -0.39 is 0 Å². The van der Waals surface area contributed by atoms with E-state index in [-0.39, 0.29) is 0 Å². The number of hydrogen-bond acceptors (Lipinski definition) is 3. The molecule has 1 aromatic heterocycles. The Hall–Kier alpha value is -1.82. The van der Waals surface area contributed by atoms with Crippen LogP contribution in [0.3, 0.4) is 0 Å². The van der Waals surface area contributed by atoms with Crippen LogP contribution in [0.5, 0.6) is 0 Å². The number of nitrogens with zero attached hydrogens (tertiary/aromatic N) is 2. The molecule has 0 aliphatic carbocycles. The molecule has 0 N–H and O–H groups in total. The van der Waals surface area contributed by atoms with E-state index in [0.29, 0.717) is 12.3 Å². The number of nitriles is 1. The van der Waals surface area contributed by atoms with Crippen LogP contribution in [-0.2, 0) is 6.42 Å². The number of rotatable bonds is 1. The molecule has 13 heavy (non-hydrogen) atoms. The lowest BCUT2D eigenvalue weighted by Crippen LogP contribution is -1.81. The predicted octanol–water partition coefficient (Wildman–Crippen LogP) is 2.20. The van der Waals surface area contributed by atoms with Gasteiger partial charge in [-0.3, -0.25) is 0 Å². The zero-order chi connectivity index (χ0) is 9.26. The molecule has 0 spiro atoms. The van der Waals surface area contributed by atoms with E-state index in [2.05, 4.69) is 11.1 Å². The lowest BCUT2D eigenvalue weighted by molar-refractivity contribution is 0.558. The standard InChI is InChI=1S/C10H8N2O/c1-7-12-9-4-2-3-8(5-6-11)10(9)13-7/h2-4H,5H2,1H3. The third kappa shape index (κ3) is 1.27. The van der Waals surface area contributed by atoms with Gasteiger partial charge in [0.1, 0.15) is 5.52 Å². The van der Waals surface area contributed by atoms with E-state index in [9.17, 15) is 0 Å². The maximum absolute atomic E-state index is 8.57. The lowest BCUT2D eigenvalue weighted by Gasteiger charge is -1.92. The second kappa shape index (κ2) is 2.91. The normalized spacial score (nSPS) is 10.2. The summed E-state index contributed by atoms with van der Waals surface area (Å²) < 4.78 is 5.39. The van der Waals surface area contributed by atoms with Crippen LogP contribution in [0.15, 0.2) is 22.6 Å². The fourth-order valence-electron chi connectivity index (χ4n) is 1.34. The largest absolute Gasteiger partial charge is 0.441 e. The van der Waals surface area contributed by atoms with Crippen molar-refractivity contribution in [1.29, 1.82) is 5.26 Å². The first-order valence-corrected chi connectivity index (χ1v) is 4.03. The van der Waals surface area contributed by atoms with Crippen molar-refractivity contribution in [1.82, 2.24) is 4.98 Å². The minimum absolute atomic E-state index is 0.367. The van der Waals surface area contributed by atoms with Gasteiger partial charge in [0.25, 0.3) is 0 Å². The van der Waals surface area contributed by atoms with Crippen LogP contribution < -0.4 is 0 Å². The van der Waals surface area contributed by atoms with E-state index in [1.807, 2.05) is 18.2 Å². The third-order valence-corrected chi connectivity index (χ3v) is 1.87. The Balaban J connectivity index is 2.69. The number of aromatic nitrogens is 1. The molecule has 0 saturated carbocycles. The Labute approximate surface area is 75.6 Å². The average molecular weight is 172 g/mol. The van der Waals surface area contributed by atoms with Crippen LogP contribution in [0, 0.1) is 18.3 Å². The van der Waals surface area contributed by atoms with Crippen molar-refractivity contribution in [3.8, 4) is 6.07 Å². The monoisotopic (exact) mass is 172 g/mol. The Kier molecular flexibility index (Phi) is 1.75. The molecule has 0 aliphatic heterocycles. The van der Waals surface area contributed by atoms with E-state index in [0.717, 1.165) is 16.7 Å². The van der Waals surface area contributed by atoms with Crippen LogP contribution in [0.25, 0.3) is 11.1 Å². The zero-order valence-electron chi connectivity index (χ0n) is 7.24. The molecule has 3 nitrogen and oxygen atoms in total. The van der Waals surface area contributed by atoms with Crippen molar-refractivity contribution >= 4 is 11.1 Å². The highest BCUT2D eigenvalue weighted by Crippen LogP contribution is 2.19. The molecule has 0 atom stereocenters. The number of hydrogen-bond donors (Lipinski definition) is 0. The fraction of sp³-hybridized carbons (Fsp3) is 0.200. The van der Waals surface area contributed by atoms with Gasteiger partial charge in [-0.05, 0) is 6.07 Å². The van der Waals surface area contributed by atoms with E-state index in [4.69, 9.17) is 9.68 Å². The second-order valence-corrected chi connectivity index (χ2v) is 2.83. The topological polar surface area (TPSA) is 49.8 Å². The smallest absolute Gasteiger partial charge is 0.192 e. The van der Waals surface area contributed by atoms with Crippen molar-refractivity contribution in [2.45, 2.75) is 13.3 Å². The van der Waals surface area contributed by atoms with Gasteiger partial charge in [0.15, 0.2) is 11.5 Å². The predicted molar refractivity (Wildman–Crippen MR) is 48.1 cm³/mol. The highest BCUT2D eigenvalue weighted by atomic mass is 16.3. The minimum Gasteiger partial charge on any atom is -0.441 e. The average Bonchev–Trinajstić information content (AvgIpc) is 2.47. The summed E-state index contributed by atoms with van der Waals surface area (Å²) in [6.45, 7) is 1.80. The molecule has 0 unspecified atom stereocenters. The molecule has 3 heteroatoms. The molecule has 0 aliphatic rings. The molecule has 0 saturated heterocycles. The summed E-state index contributed by atoms with van der Waals surface area (Å²) in [5, 5.41) is 8.57. The highest BCUT2D eigenvalue weighted by Gasteiger charge is 2.05. The van der Waals surface area contributed by atoms with Gasteiger partial charge in [-0.25, -0.2) is 4.98 Å². The molecule has 0 fully saturated rings. The van der Waals surface area contributed by atoms with Crippen LogP contribution >= 0.6 is 0 Å². The molecule has 1 heterocycles. The molecule has 2 aromatic rings. The molecule has 0 amide bonds. The fourth-order valence-corrected chi connectivity index (χ4v) is 1.34. The van der Waals surface area contributed by atoms with E-state index >= 15 is 0 Å². The second-order valence-electron chi connectivity index (χ2n) is 2.83. The maximum Gasteiger partial charge on any atom is 0.192 e. The zero-order valence-corrected chi connectivity index (χ0v) is 7.24. The maximum atomic E-state index is 8.57. The summed E-state index contributed by atoms with van der Waals surface area (Å²) >= 11 is 0. The Morgan fingerprint density at radius 3 is 3.15 bits per heavy atom. The molecule has 0 radical (unpaired) electrons. The van der Waals surface area contributed by atoms with Crippen LogP contribution in [0.2, 0.25) is 0 Å². The highest BCUT2D eigenvalue weighted by molar-refractivity contribution is 5.76. The summed E-state index contributed by atoms with van der Waals surface area (Å²) in [6.07, 6.45) is 0.367. The Bertz CT molecular complexity index is 479. The van der Waals surface area contributed by atoms with Gasteiger partial charge >= 0.3 is 0 Å². The SMILES string of the molecule is Cc1nc2cccc(CC#N)c2o1. The first-order chi connectivity index (χ1) is 6.31. The number of benzene rings is 1. The van der Waals surface area contributed by atoms with Crippen molar-refractivity contribution in [2.24, 2.45) is 0 Å². The van der Waals surface area contributed by atoms with Gasteiger partial charge in [0, 0.05) is 12.5 Å². The summed E-state index contributed by atoms with van der Waals surface area (Å²) in [7, 11) is 0. The molecule has 2 rings (SSSR count). The number of oxazole rings is 1. The van der Waals surface area contributed by atoms with Crippen molar-refractivity contribution in [3.63, 3.8) is 0 Å². The van der Waals surface area contributed by atoms with Gasteiger partial charge in [0.2, 0.25) is 0 Å². The van der Waals surface area contributed by atoms with Crippen molar-refractivity contribution in [3.05, 3.63) is 29.7 Å². The molecule has 1 aromatic carbocycles. The van der Waals surface area contributed by atoms with Crippen LogP contribution in [-0.4, -0.2) is 4.98 Å². The Morgan fingerprint density at radius 1 is 1.54 bits per heavy atom. The summed E-state index contributed by atoms with van der Waals surface area (Å²) in [5.41, 5.74) is 2.47. The summed E-state index contributed by atoms with van der Waals surface area (Å²) in [6, 6.07) is 7.75. The molecule has 0 bridgehead atoms.